The summed E-state index contributed by atoms with van der Waals surface area (Å²) >= 11 is 0. The van der Waals surface area contributed by atoms with Gasteiger partial charge in [0.2, 0.25) is 0 Å². The molecular formula is C20H18N2. The molecule has 0 unspecified atom stereocenters. The first-order valence-corrected chi connectivity index (χ1v) is 7.55. The highest BCUT2D eigenvalue weighted by Gasteiger charge is 2.13. The first kappa shape index (κ1) is 13.0. The Morgan fingerprint density at radius 3 is 2.36 bits per heavy atom. The Morgan fingerprint density at radius 2 is 1.55 bits per heavy atom. The number of para-hydroxylation sites is 1. The van der Waals surface area contributed by atoms with Crippen molar-refractivity contribution >= 4 is 27.5 Å². The molecule has 1 heterocycles. The molecule has 0 saturated heterocycles. The second-order valence-electron chi connectivity index (χ2n) is 5.78. The SMILES string of the molecule is Cc1ccc2c3ccccc3n(Cc3ccccc3)c2c1N. The van der Waals surface area contributed by atoms with Crippen LogP contribution in [0.1, 0.15) is 11.1 Å². The Hall–Kier alpha value is -2.74. The minimum absolute atomic E-state index is 0.832. The van der Waals surface area contributed by atoms with Gasteiger partial charge in [-0.25, -0.2) is 0 Å². The molecule has 2 nitrogen and oxygen atoms in total. The van der Waals surface area contributed by atoms with Crippen LogP contribution in [0.3, 0.4) is 0 Å². The third-order valence-electron chi connectivity index (χ3n) is 4.37. The largest absolute Gasteiger partial charge is 0.397 e. The molecular weight excluding hydrogens is 268 g/mol. The van der Waals surface area contributed by atoms with Gasteiger partial charge in [-0.1, -0.05) is 60.7 Å². The summed E-state index contributed by atoms with van der Waals surface area (Å²) in [5, 5.41) is 2.50. The molecule has 0 aliphatic carbocycles. The lowest BCUT2D eigenvalue weighted by Crippen LogP contribution is -2.02. The van der Waals surface area contributed by atoms with Crippen LogP contribution in [-0.2, 0) is 6.54 Å². The van der Waals surface area contributed by atoms with Gasteiger partial charge in [0.25, 0.3) is 0 Å². The molecule has 0 bridgehead atoms. The molecule has 4 aromatic rings. The quantitative estimate of drug-likeness (QED) is 0.530. The van der Waals surface area contributed by atoms with E-state index >= 15 is 0 Å². The standard InChI is InChI=1S/C20H18N2/c1-14-11-12-17-16-9-5-6-10-18(16)22(20(17)19(14)21)13-15-7-3-2-4-8-15/h2-12H,13,21H2,1H3. The number of hydrogen-bond acceptors (Lipinski definition) is 1. The maximum Gasteiger partial charge on any atom is 0.0730 e. The zero-order valence-corrected chi connectivity index (χ0v) is 12.6. The maximum absolute atomic E-state index is 6.42. The van der Waals surface area contributed by atoms with E-state index < -0.39 is 0 Å². The maximum atomic E-state index is 6.42. The second kappa shape index (κ2) is 4.92. The van der Waals surface area contributed by atoms with Crippen LogP contribution in [0.25, 0.3) is 21.8 Å². The first-order valence-electron chi connectivity index (χ1n) is 7.55. The third kappa shape index (κ3) is 1.88. The van der Waals surface area contributed by atoms with Gasteiger partial charge < -0.3 is 10.3 Å². The highest BCUT2D eigenvalue weighted by atomic mass is 15.0. The predicted molar refractivity (Wildman–Crippen MR) is 94.1 cm³/mol. The molecule has 0 aliphatic heterocycles. The van der Waals surface area contributed by atoms with Crippen LogP contribution < -0.4 is 5.73 Å². The normalized spacial score (nSPS) is 11.3. The number of fused-ring (bicyclic) bond motifs is 3. The Bertz CT molecular complexity index is 965. The van der Waals surface area contributed by atoms with Crippen molar-refractivity contribution in [3.63, 3.8) is 0 Å². The van der Waals surface area contributed by atoms with Crippen LogP contribution in [0.4, 0.5) is 5.69 Å². The molecule has 0 aliphatic rings. The van der Waals surface area contributed by atoms with Gasteiger partial charge >= 0.3 is 0 Å². The van der Waals surface area contributed by atoms with E-state index in [-0.39, 0.29) is 0 Å². The van der Waals surface area contributed by atoms with E-state index in [1.807, 2.05) is 6.07 Å². The van der Waals surface area contributed by atoms with E-state index in [0.717, 1.165) is 23.3 Å². The van der Waals surface area contributed by atoms with Crippen molar-refractivity contribution in [3.05, 3.63) is 77.9 Å². The number of nitrogens with zero attached hydrogens (tertiary/aromatic N) is 1. The van der Waals surface area contributed by atoms with Crippen molar-refractivity contribution in [2.45, 2.75) is 13.5 Å². The van der Waals surface area contributed by atoms with Gasteiger partial charge in [-0.05, 0) is 24.1 Å². The number of aromatic nitrogens is 1. The van der Waals surface area contributed by atoms with Crippen molar-refractivity contribution in [2.75, 3.05) is 5.73 Å². The van der Waals surface area contributed by atoms with Gasteiger partial charge in [-0.2, -0.15) is 0 Å². The minimum Gasteiger partial charge on any atom is -0.397 e. The van der Waals surface area contributed by atoms with Crippen LogP contribution in [0, 0.1) is 6.92 Å². The van der Waals surface area contributed by atoms with E-state index in [1.165, 1.54) is 21.9 Å². The Morgan fingerprint density at radius 1 is 0.818 bits per heavy atom. The fourth-order valence-electron chi connectivity index (χ4n) is 3.20. The van der Waals surface area contributed by atoms with Crippen LogP contribution >= 0.6 is 0 Å². The minimum atomic E-state index is 0.832. The van der Waals surface area contributed by atoms with Crippen LogP contribution in [-0.4, -0.2) is 4.57 Å². The Labute approximate surface area is 129 Å². The third-order valence-corrected chi connectivity index (χ3v) is 4.37. The molecule has 2 heteroatoms. The van der Waals surface area contributed by atoms with E-state index in [4.69, 9.17) is 5.73 Å². The molecule has 0 radical (unpaired) electrons. The summed E-state index contributed by atoms with van der Waals surface area (Å²) in [6, 6.07) is 23.3. The summed E-state index contributed by atoms with van der Waals surface area (Å²) in [4.78, 5) is 0. The zero-order chi connectivity index (χ0) is 15.1. The second-order valence-corrected chi connectivity index (χ2v) is 5.78. The molecule has 3 aromatic carbocycles. The van der Waals surface area contributed by atoms with Crippen LogP contribution in [0.15, 0.2) is 66.7 Å². The first-order chi connectivity index (χ1) is 10.8. The number of nitrogens with two attached hydrogens (primary N) is 1. The fraction of sp³-hybridized carbons (Fsp3) is 0.100. The Balaban J connectivity index is 2.07. The van der Waals surface area contributed by atoms with Gasteiger partial charge in [-0.15, -0.1) is 0 Å². The molecule has 1 aromatic heterocycles. The Kier molecular flexibility index (Phi) is 2.90. The smallest absolute Gasteiger partial charge is 0.0730 e. The van der Waals surface area contributed by atoms with Gasteiger partial charge in [0.15, 0.2) is 0 Å². The lowest BCUT2D eigenvalue weighted by atomic mass is 10.1. The number of benzene rings is 3. The highest BCUT2D eigenvalue weighted by molar-refractivity contribution is 6.12. The molecule has 0 amide bonds. The van der Waals surface area contributed by atoms with Crippen molar-refractivity contribution < 1.29 is 0 Å². The van der Waals surface area contributed by atoms with Crippen molar-refractivity contribution in [1.29, 1.82) is 0 Å². The predicted octanol–water partition coefficient (Wildman–Crippen LogP) is 4.73. The van der Waals surface area contributed by atoms with Crippen LogP contribution in [0.2, 0.25) is 0 Å². The average Bonchev–Trinajstić information content (AvgIpc) is 2.87. The molecule has 0 spiro atoms. The summed E-state index contributed by atoms with van der Waals surface area (Å²) in [6.45, 7) is 2.90. The van der Waals surface area contributed by atoms with Gasteiger partial charge in [0.1, 0.15) is 0 Å². The van der Waals surface area contributed by atoms with Crippen molar-refractivity contribution in [1.82, 2.24) is 4.57 Å². The topological polar surface area (TPSA) is 30.9 Å². The molecule has 4 rings (SSSR count). The fourth-order valence-corrected chi connectivity index (χ4v) is 3.20. The molecule has 2 N–H and O–H groups in total. The average molecular weight is 286 g/mol. The number of rotatable bonds is 2. The van der Waals surface area contributed by atoms with E-state index in [2.05, 4.69) is 72.2 Å². The molecule has 0 fully saturated rings. The monoisotopic (exact) mass is 286 g/mol. The summed E-state index contributed by atoms with van der Waals surface area (Å²) in [6.07, 6.45) is 0. The molecule has 108 valence electrons. The number of nitrogen functional groups attached to an aromatic ring is 1. The summed E-state index contributed by atoms with van der Waals surface area (Å²) in [7, 11) is 0. The lowest BCUT2D eigenvalue weighted by molar-refractivity contribution is 0.869. The van der Waals surface area contributed by atoms with E-state index in [0.29, 0.717) is 0 Å². The highest BCUT2D eigenvalue weighted by Crippen LogP contribution is 2.34. The lowest BCUT2D eigenvalue weighted by Gasteiger charge is -2.10. The van der Waals surface area contributed by atoms with Gasteiger partial charge in [0.05, 0.1) is 11.2 Å². The molecule has 0 atom stereocenters. The number of anilines is 1. The van der Waals surface area contributed by atoms with Gasteiger partial charge in [0, 0.05) is 22.8 Å². The molecule has 0 saturated carbocycles. The number of hydrogen-bond donors (Lipinski definition) is 1. The zero-order valence-electron chi connectivity index (χ0n) is 12.6. The van der Waals surface area contributed by atoms with E-state index in [1.54, 1.807) is 0 Å². The van der Waals surface area contributed by atoms with E-state index in [9.17, 15) is 0 Å². The summed E-state index contributed by atoms with van der Waals surface area (Å²) < 4.78 is 2.34. The van der Waals surface area contributed by atoms with Crippen molar-refractivity contribution in [3.8, 4) is 0 Å². The number of aryl methyl sites for hydroxylation is 1. The summed E-state index contributed by atoms with van der Waals surface area (Å²) in [5.74, 6) is 0. The van der Waals surface area contributed by atoms with Crippen LogP contribution in [0.5, 0.6) is 0 Å². The van der Waals surface area contributed by atoms with Crippen molar-refractivity contribution in [2.24, 2.45) is 0 Å². The molecule has 22 heavy (non-hydrogen) atoms. The van der Waals surface area contributed by atoms with Gasteiger partial charge in [-0.3, -0.25) is 0 Å². The summed E-state index contributed by atoms with van der Waals surface area (Å²) in [5.41, 5.74) is 12.1.